The predicted molar refractivity (Wildman–Crippen MR) is 86.9 cm³/mol. The van der Waals surface area contributed by atoms with Crippen molar-refractivity contribution in [3.63, 3.8) is 0 Å². The molecule has 3 rings (SSSR count). The molecule has 1 unspecified atom stereocenters. The summed E-state index contributed by atoms with van der Waals surface area (Å²) < 4.78 is 12.9. The second-order valence-electron chi connectivity index (χ2n) is 6.22. The lowest BCUT2D eigenvalue weighted by molar-refractivity contribution is 0.0697. The van der Waals surface area contributed by atoms with Crippen LogP contribution in [0, 0.1) is 11.7 Å². The number of carbonyl (C=O) groups is 1. The Kier molecular flexibility index (Phi) is 4.72. The fourth-order valence-corrected chi connectivity index (χ4v) is 3.19. The van der Waals surface area contributed by atoms with E-state index >= 15 is 0 Å². The minimum Gasteiger partial charge on any atom is -0.478 e. The zero-order chi connectivity index (χ0) is 16.2. The number of benzene rings is 2. The van der Waals surface area contributed by atoms with E-state index < -0.39 is 5.97 Å². The van der Waals surface area contributed by atoms with Crippen molar-refractivity contribution in [2.45, 2.75) is 19.4 Å². The Hall–Kier alpha value is -2.20. The lowest BCUT2D eigenvalue weighted by atomic mass is 9.99. The summed E-state index contributed by atoms with van der Waals surface area (Å²) >= 11 is 0. The Morgan fingerprint density at radius 1 is 1.09 bits per heavy atom. The number of rotatable bonds is 5. The lowest BCUT2D eigenvalue weighted by Crippen LogP contribution is -2.20. The van der Waals surface area contributed by atoms with Crippen molar-refractivity contribution in [2.75, 3.05) is 13.1 Å². The molecular weight excluding hydrogens is 293 g/mol. The van der Waals surface area contributed by atoms with Crippen molar-refractivity contribution in [3.05, 3.63) is 71.0 Å². The van der Waals surface area contributed by atoms with Gasteiger partial charge in [0.25, 0.3) is 0 Å². The number of hydrogen-bond donors (Lipinski definition) is 1. The summed E-state index contributed by atoms with van der Waals surface area (Å²) in [4.78, 5) is 13.3. The maximum Gasteiger partial charge on any atom is 0.335 e. The third kappa shape index (κ3) is 4.17. The minimum absolute atomic E-state index is 0.188. The molecule has 1 aliphatic heterocycles. The van der Waals surface area contributed by atoms with Gasteiger partial charge in [-0.25, -0.2) is 9.18 Å². The van der Waals surface area contributed by atoms with Gasteiger partial charge in [-0.1, -0.05) is 24.3 Å². The third-order valence-corrected chi connectivity index (χ3v) is 4.41. The summed E-state index contributed by atoms with van der Waals surface area (Å²) in [6, 6.07) is 13.9. The zero-order valence-corrected chi connectivity index (χ0v) is 12.9. The molecule has 0 spiro atoms. The van der Waals surface area contributed by atoms with Gasteiger partial charge >= 0.3 is 5.97 Å². The Morgan fingerprint density at radius 2 is 1.74 bits per heavy atom. The number of halogens is 1. The van der Waals surface area contributed by atoms with Gasteiger partial charge in [0.2, 0.25) is 0 Å². The average Bonchev–Trinajstić information content (AvgIpc) is 2.97. The normalized spacial score (nSPS) is 18.2. The molecule has 1 aliphatic rings. The van der Waals surface area contributed by atoms with Crippen LogP contribution in [0.15, 0.2) is 48.5 Å². The van der Waals surface area contributed by atoms with Gasteiger partial charge in [-0.2, -0.15) is 0 Å². The molecule has 3 nitrogen and oxygen atoms in total. The first kappa shape index (κ1) is 15.7. The second kappa shape index (κ2) is 6.92. The summed E-state index contributed by atoms with van der Waals surface area (Å²) in [5, 5.41) is 8.92. The van der Waals surface area contributed by atoms with E-state index in [1.807, 2.05) is 24.3 Å². The van der Waals surface area contributed by atoms with E-state index in [0.717, 1.165) is 38.0 Å². The van der Waals surface area contributed by atoms with Crippen molar-refractivity contribution < 1.29 is 14.3 Å². The van der Waals surface area contributed by atoms with Crippen molar-refractivity contribution in [2.24, 2.45) is 5.92 Å². The summed E-state index contributed by atoms with van der Waals surface area (Å²) in [5.74, 6) is -0.484. The van der Waals surface area contributed by atoms with E-state index in [4.69, 9.17) is 5.11 Å². The third-order valence-electron chi connectivity index (χ3n) is 4.41. The molecule has 0 radical (unpaired) electrons. The molecule has 0 saturated carbocycles. The van der Waals surface area contributed by atoms with E-state index in [9.17, 15) is 9.18 Å². The Morgan fingerprint density at radius 3 is 2.39 bits per heavy atom. The van der Waals surface area contributed by atoms with Crippen molar-refractivity contribution >= 4 is 5.97 Å². The molecule has 1 fully saturated rings. The Balaban J connectivity index is 1.53. The highest BCUT2D eigenvalue weighted by Crippen LogP contribution is 2.22. The number of carboxylic acids is 1. The number of hydrogen-bond acceptors (Lipinski definition) is 2. The van der Waals surface area contributed by atoms with Crippen LogP contribution in [0.3, 0.4) is 0 Å². The Labute approximate surface area is 135 Å². The standard InChI is InChI=1S/C19H20FNO2/c20-18-7-3-14(4-8-18)11-16-9-10-21(13-16)12-15-1-5-17(6-2-15)19(22)23/h1-8,16H,9-13H2,(H,22,23). The van der Waals surface area contributed by atoms with Gasteiger partial charge in [0.1, 0.15) is 5.82 Å². The highest BCUT2D eigenvalue weighted by Gasteiger charge is 2.22. The van der Waals surface area contributed by atoms with Gasteiger partial charge in [0.15, 0.2) is 0 Å². The maximum atomic E-state index is 12.9. The van der Waals surface area contributed by atoms with E-state index in [1.165, 1.54) is 17.7 Å². The van der Waals surface area contributed by atoms with Crippen LogP contribution in [-0.2, 0) is 13.0 Å². The molecule has 0 aromatic heterocycles. The van der Waals surface area contributed by atoms with Crippen LogP contribution in [0.1, 0.15) is 27.9 Å². The summed E-state index contributed by atoms with van der Waals surface area (Å²) in [6.07, 6.45) is 2.12. The van der Waals surface area contributed by atoms with Crippen LogP contribution >= 0.6 is 0 Å². The van der Waals surface area contributed by atoms with Crippen LogP contribution in [-0.4, -0.2) is 29.1 Å². The van der Waals surface area contributed by atoms with E-state index in [0.29, 0.717) is 11.5 Å². The number of nitrogens with zero attached hydrogens (tertiary/aromatic N) is 1. The molecule has 23 heavy (non-hydrogen) atoms. The number of aromatic carboxylic acids is 1. The van der Waals surface area contributed by atoms with Crippen LogP contribution in [0.4, 0.5) is 4.39 Å². The first-order valence-corrected chi connectivity index (χ1v) is 7.89. The lowest BCUT2D eigenvalue weighted by Gasteiger charge is -2.16. The largest absolute Gasteiger partial charge is 0.478 e. The highest BCUT2D eigenvalue weighted by molar-refractivity contribution is 5.87. The van der Waals surface area contributed by atoms with E-state index in [-0.39, 0.29) is 5.82 Å². The molecule has 0 aliphatic carbocycles. The summed E-state index contributed by atoms with van der Waals surface area (Å²) in [7, 11) is 0. The molecule has 1 atom stereocenters. The molecule has 1 heterocycles. The van der Waals surface area contributed by atoms with Gasteiger partial charge in [-0.3, -0.25) is 4.90 Å². The monoisotopic (exact) mass is 313 g/mol. The minimum atomic E-state index is -0.892. The molecule has 0 amide bonds. The van der Waals surface area contributed by atoms with Gasteiger partial charge in [-0.05, 0) is 60.7 Å². The van der Waals surface area contributed by atoms with Gasteiger partial charge in [0, 0.05) is 13.1 Å². The molecule has 120 valence electrons. The summed E-state index contributed by atoms with van der Waals surface area (Å²) in [5.41, 5.74) is 2.64. The molecule has 2 aromatic carbocycles. The molecule has 1 saturated heterocycles. The molecule has 4 heteroatoms. The average molecular weight is 313 g/mol. The van der Waals surface area contributed by atoms with Crippen molar-refractivity contribution in [1.82, 2.24) is 4.90 Å². The second-order valence-corrected chi connectivity index (χ2v) is 6.22. The summed E-state index contributed by atoms with van der Waals surface area (Å²) in [6.45, 7) is 2.92. The van der Waals surface area contributed by atoms with Crippen LogP contribution in [0.5, 0.6) is 0 Å². The first-order valence-electron chi connectivity index (χ1n) is 7.89. The predicted octanol–water partition coefficient (Wildman–Crippen LogP) is 3.59. The quantitative estimate of drug-likeness (QED) is 0.917. The van der Waals surface area contributed by atoms with Crippen LogP contribution in [0.25, 0.3) is 0 Å². The highest BCUT2D eigenvalue weighted by atomic mass is 19.1. The van der Waals surface area contributed by atoms with E-state index in [2.05, 4.69) is 4.90 Å². The number of carboxylic acid groups (broad SMARTS) is 1. The smallest absolute Gasteiger partial charge is 0.335 e. The SMILES string of the molecule is O=C(O)c1ccc(CN2CCC(Cc3ccc(F)cc3)C2)cc1. The molecule has 2 aromatic rings. The fourth-order valence-electron chi connectivity index (χ4n) is 3.19. The van der Waals surface area contributed by atoms with Crippen LogP contribution in [0.2, 0.25) is 0 Å². The molecular formula is C19H20FNO2. The maximum absolute atomic E-state index is 12.9. The fraction of sp³-hybridized carbons (Fsp3) is 0.316. The zero-order valence-electron chi connectivity index (χ0n) is 12.9. The number of likely N-dealkylation sites (tertiary alicyclic amines) is 1. The van der Waals surface area contributed by atoms with Gasteiger partial charge in [-0.15, -0.1) is 0 Å². The van der Waals surface area contributed by atoms with Gasteiger partial charge < -0.3 is 5.11 Å². The van der Waals surface area contributed by atoms with Crippen molar-refractivity contribution in [1.29, 1.82) is 0 Å². The van der Waals surface area contributed by atoms with Crippen LogP contribution < -0.4 is 0 Å². The topological polar surface area (TPSA) is 40.5 Å². The first-order chi connectivity index (χ1) is 11.1. The Bertz CT molecular complexity index is 667. The molecule has 0 bridgehead atoms. The van der Waals surface area contributed by atoms with Crippen molar-refractivity contribution in [3.8, 4) is 0 Å². The van der Waals surface area contributed by atoms with Gasteiger partial charge in [0.05, 0.1) is 5.56 Å². The molecule has 1 N–H and O–H groups in total. The van der Waals surface area contributed by atoms with E-state index in [1.54, 1.807) is 12.1 Å².